The van der Waals surface area contributed by atoms with E-state index in [1.807, 2.05) is 0 Å². The standard InChI is InChI=1S/C13H28N2O/c1-5-8-14-12-6-9-15(10-7-12)13(2,3)11-16-4/h12,14H,5-11H2,1-4H3. The van der Waals surface area contributed by atoms with E-state index in [4.69, 9.17) is 4.74 Å². The largest absolute Gasteiger partial charge is 0.383 e. The summed E-state index contributed by atoms with van der Waals surface area (Å²) in [7, 11) is 1.79. The SMILES string of the molecule is CCCNC1CCN(C(C)(C)COC)CC1. The van der Waals surface area contributed by atoms with Crippen molar-refractivity contribution in [2.24, 2.45) is 0 Å². The number of hydrogen-bond acceptors (Lipinski definition) is 3. The van der Waals surface area contributed by atoms with Crippen LogP contribution in [-0.2, 0) is 4.74 Å². The molecule has 0 spiro atoms. The summed E-state index contributed by atoms with van der Waals surface area (Å²) < 4.78 is 5.29. The predicted octanol–water partition coefficient (Wildman–Crippen LogP) is 1.88. The van der Waals surface area contributed by atoms with Crippen LogP contribution in [0.1, 0.15) is 40.0 Å². The summed E-state index contributed by atoms with van der Waals surface area (Å²) in [6.07, 6.45) is 3.77. The minimum absolute atomic E-state index is 0.185. The number of rotatable bonds is 6. The van der Waals surface area contributed by atoms with Crippen LogP contribution >= 0.6 is 0 Å². The summed E-state index contributed by atoms with van der Waals surface area (Å²) in [5, 5.41) is 3.62. The number of ether oxygens (including phenoxy) is 1. The van der Waals surface area contributed by atoms with Crippen molar-refractivity contribution in [1.82, 2.24) is 10.2 Å². The molecule has 0 aliphatic carbocycles. The van der Waals surface area contributed by atoms with Gasteiger partial charge in [0, 0.05) is 31.8 Å². The van der Waals surface area contributed by atoms with Crippen LogP contribution in [-0.4, -0.2) is 49.8 Å². The van der Waals surface area contributed by atoms with Gasteiger partial charge in [-0.2, -0.15) is 0 Å². The average molecular weight is 228 g/mol. The number of nitrogens with zero attached hydrogens (tertiary/aromatic N) is 1. The molecule has 0 radical (unpaired) electrons. The first kappa shape index (κ1) is 13.9. The van der Waals surface area contributed by atoms with Gasteiger partial charge in [-0.25, -0.2) is 0 Å². The fourth-order valence-electron chi connectivity index (χ4n) is 2.48. The highest BCUT2D eigenvalue weighted by atomic mass is 16.5. The van der Waals surface area contributed by atoms with Crippen molar-refractivity contribution >= 4 is 0 Å². The van der Waals surface area contributed by atoms with Gasteiger partial charge in [-0.1, -0.05) is 6.92 Å². The molecule has 0 aromatic carbocycles. The molecule has 0 atom stereocenters. The van der Waals surface area contributed by atoms with Crippen molar-refractivity contribution in [3.8, 4) is 0 Å². The van der Waals surface area contributed by atoms with Crippen molar-refractivity contribution in [2.45, 2.75) is 51.6 Å². The highest BCUT2D eigenvalue weighted by molar-refractivity contribution is 4.87. The van der Waals surface area contributed by atoms with Gasteiger partial charge < -0.3 is 10.1 Å². The lowest BCUT2D eigenvalue weighted by Crippen LogP contribution is -2.53. The van der Waals surface area contributed by atoms with E-state index in [1.54, 1.807) is 7.11 Å². The lowest BCUT2D eigenvalue weighted by molar-refractivity contribution is 0.0166. The number of likely N-dealkylation sites (tertiary alicyclic amines) is 1. The van der Waals surface area contributed by atoms with Crippen molar-refractivity contribution < 1.29 is 4.74 Å². The van der Waals surface area contributed by atoms with Gasteiger partial charge in [-0.05, 0) is 39.7 Å². The van der Waals surface area contributed by atoms with Gasteiger partial charge in [0.25, 0.3) is 0 Å². The van der Waals surface area contributed by atoms with E-state index in [2.05, 4.69) is 31.0 Å². The van der Waals surface area contributed by atoms with Crippen LogP contribution in [0, 0.1) is 0 Å². The second-order valence-electron chi connectivity index (χ2n) is 5.46. The summed E-state index contributed by atoms with van der Waals surface area (Å²) in [5.41, 5.74) is 0.185. The third-order valence-corrected chi connectivity index (χ3v) is 3.53. The minimum atomic E-state index is 0.185. The first-order valence-electron chi connectivity index (χ1n) is 6.57. The zero-order valence-electron chi connectivity index (χ0n) is 11.4. The molecule has 0 saturated carbocycles. The number of methoxy groups -OCH3 is 1. The Bertz CT molecular complexity index is 186. The van der Waals surface area contributed by atoms with Crippen LogP contribution in [0.15, 0.2) is 0 Å². The van der Waals surface area contributed by atoms with E-state index in [-0.39, 0.29) is 5.54 Å². The van der Waals surface area contributed by atoms with Gasteiger partial charge in [0.15, 0.2) is 0 Å². The van der Waals surface area contributed by atoms with Crippen molar-refractivity contribution in [1.29, 1.82) is 0 Å². The van der Waals surface area contributed by atoms with Crippen LogP contribution in [0.3, 0.4) is 0 Å². The van der Waals surface area contributed by atoms with Gasteiger partial charge in [-0.15, -0.1) is 0 Å². The van der Waals surface area contributed by atoms with Crippen LogP contribution in [0.5, 0.6) is 0 Å². The fourth-order valence-corrected chi connectivity index (χ4v) is 2.48. The predicted molar refractivity (Wildman–Crippen MR) is 68.8 cm³/mol. The smallest absolute Gasteiger partial charge is 0.0641 e. The second kappa shape index (κ2) is 6.58. The summed E-state index contributed by atoms with van der Waals surface area (Å²) in [6, 6.07) is 0.731. The van der Waals surface area contributed by atoms with Crippen molar-refractivity contribution in [3.05, 3.63) is 0 Å². The van der Waals surface area contributed by atoms with Crippen LogP contribution in [0.25, 0.3) is 0 Å². The Hall–Kier alpha value is -0.120. The Morgan fingerprint density at radius 1 is 1.31 bits per heavy atom. The summed E-state index contributed by atoms with van der Waals surface area (Å²) >= 11 is 0. The van der Waals surface area contributed by atoms with Gasteiger partial charge in [0.2, 0.25) is 0 Å². The molecular formula is C13H28N2O. The zero-order chi connectivity index (χ0) is 12.0. The Morgan fingerprint density at radius 2 is 1.94 bits per heavy atom. The monoisotopic (exact) mass is 228 g/mol. The Morgan fingerprint density at radius 3 is 2.44 bits per heavy atom. The van der Waals surface area contributed by atoms with E-state index < -0.39 is 0 Å². The number of hydrogen-bond donors (Lipinski definition) is 1. The highest BCUT2D eigenvalue weighted by Gasteiger charge is 2.30. The van der Waals surface area contributed by atoms with E-state index in [0.29, 0.717) is 0 Å². The molecule has 1 fully saturated rings. The third-order valence-electron chi connectivity index (χ3n) is 3.53. The van der Waals surface area contributed by atoms with E-state index >= 15 is 0 Å². The topological polar surface area (TPSA) is 24.5 Å². The van der Waals surface area contributed by atoms with E-state index in [1.165, 1.54) is 32.4 Å². The molecule has 16 heavy (non-hydrogen) atoms. The maximum Gasteiger partial charge on any atom is 0.0641 e. The molecule has 1 heterocycles. The summed E-state index contributed by atoms with van der Waals surface area (Å²) in [6.45, 7) is 11.1. The lowest BCUT2D eigenvalue weighted by atomic mass is 9.97. The van der Waals surface area contributed by atoms with Crippen LogP contribution in [0.4, 0.5) is 0 Å². The van der Waals surface area contributed by atoms with E-state index in [9.17, 15) is 0 Å². The zero-order valence-corrected chi connectivity index (χ0v) is 11.4. The van der Waals surface area contributed by atoms with Crippen LogP contribution in [0.2, 0.25) is 0 Å². The van der Waals surface area contributed by atoms with Gasteiger partial charge in [0.1, 0.15) is 0 Å². The molecule has 0 bridgehead atoms. The first-order valence-corrected chi connectivity index (χ1v) is 6.57. The molecule has 0 amide bonds. The normalized spacial score (nSPS) is 20.2. The molecule has 1 N–H and O–H groups in total. The third kappa shape index (κ3) is 4.04. The molecule has 0 unspecified atom stereocenters. The number of piperidine rings is 1. The Kier molecular flexibility index (Phi) is 5.73. The van der Waals surface area contributed by atoms with Crippen molar-refractivity contribution in [2.75, 3.05) is 33.4 Å². The molecule has 96 valence electrons. The summed E-state index contributed by atoms with van der Waals surface area (Å²) in [5.74, 6) is 0. The average Bonchev–Trinajstić information content (AvgIpc) is 2.27. The summed E-state index contributed by atoms with van der Waals surface area (Å²) in [4.78, 5) is 2.56. The maximum atomic E-state index is 5.29. The van der Waals surface area contributed by atoms with Gasteiger partial charge in [0.05, 0.1) is 6.61 Å². The maximum absolute atomic E-state index is 5.29. The molecule has 1 rings (SSSR count). The molecule has 0 aromatic heterocycles. The fraction of sp³-hybridized carbons (Fsp3) is 1.00. The first-order chi connectivity index (χ1) is 7.60. The van der Waals surface area contributed by atoms with Crippen LogP contribution < -0.4 is 5.32 Å². The van der Waals surface area contributed by atoms with Crippen molar-refractivity contribution in [3.63, 3.8) is 0 Å². The quantitative estimate of drug-likeness (QED) is 0.751. The Labute approximate surface area is 101 Å². The van der Waals surface area contributed by atoms with Gasteiger partial charge in [-0.3, -0.25) is 4.90 Å². The molecule has 1 aliphatic rings. The molecule has 3 heteroatoms. The van der Waals surface area contributed by atoms with E-state index in [0.717, 1.165) is 19.2 Å². The molecule has 3 nitrogen and oxygen atoms in total. The highest BCUT2D eigenvalue weighted by Crippen LogP contribution is 2.21. The number of nitrogens with one attached hydrogen (secondary N) is 1. The molecular weight excluding hydrogens is 200 g/mol. The minimum Gasteiger partial charge on any atom is -0.383 e. The molecule has 1 aliphatic heterocycles. The molecule has 0 aromatic rings. The second-order valence-corrected chi connectivity index (χ2v) is 5.46. The lowest BCUT2D eigenvalue weighted by Gasteiger charge is -2.42. The van der Waals surface area contributed by atoms with Gasteiger partial charge >= 0.3 is 0 Å². The Balaban J connectivity index is 2.30. The molecule has 1 saturated heterocycles.